The van der Waals surface area contributed by atoms with E-state index in [9.17, 15) is 21.9 Å². The van der Waals surface area contributed by atoms with E-state index in [2.05, 4.69) is 30.2 Å². The first-order valence-electron chi connectivity index (χ1n) is 9.33. The summed E-state index contributed by atoms with van der Waals surface area (Å²) in [6.45, 7) is 0.322. The quantitative estimate of drug-likeness (QED) is 0.336. The average molecular weight is 481 g/mol. The molecule has 2 aromatic rings. The zero-order chi connectivity index (χ0) is 23.1. The highest BCUT2D eigenvalue weighted by atomic mass is 32.2. The Balaban J connectivity index is 1.97. The fourth-order valence-electron chi connectivity index (χ4n) is 3.49. The maximum Gasteiger partial charge on any atom is 0.242 e. The van der Waals surface area contributed by atoms with Crippen molar-refractivity contribution >= 4 is 31.7 Å². The molecule has 2 aliphatic heterocycles. The van der Waals surface area contributed by atoms with Crippen molar-refractivity contribution in [3.63, 3.8) is 0 Å². The third-order valence-corrected chi connectivity index (χ3v) is 7.61. The lowest BCUT2D eigenvalue weighted by Gasteiger charge is -2.20. The third-order valence-electron chi connectivity index (χ3n) is 4.95. The molecule has 13 nitrogen and oxygen atoms in total. The number of benzene rings is 1. The molecular weight excluding hydrogens is 460 g/mol. The fourth-order valence-corrected chi connectivity index (χ4v) is 6.36. The number of aliphatic hydroxyl groups excluding tert-OH is 1. The minimum Gasteiger partial charge on any atom is -0.390 e. The summed E-state index contributed by atoms with van der Waals surface area (Å²) >= 11 is 0. The number of pyridine rings is 1. The maximum absolute atomic E-state index is 13.2. The number of aliphatic hydroxyl groups is 1. The molecule has 0 aliphatic carbocycles. The molecule has 0 radical (unpaired) electrons. The Bertz CT molecular complexity index is 1320. The monoisotopic (exact) mass is 480 g/mol. The number of hydrogen-bond donors (Lipinski definition) is 5. The van der Waals surface area contributed by atoms with Crippen LogP contribution in [0, 0.1) is 0 Å². The molecule has 0 spiro atoms. The van der Waals surface area contributed by atoms with Crippen LogP contribution in [0.5, 0.6) is 0 Å². The van der Waals surface area contributed by atoms with Crippen molar-refractivity contribution in [2.45, 2.75) is 21.9 Å². The lowest BCUT2D eigenvalue weighted by atomic mass is 10.00. The number of azo groups is 1. The molecule has 7 N–H and O–H groups in total. The van der Waals surface area contributed by atoms with Crippen LogP contribution in [-0.2, 0) is 20.0 Å². The summed E-state index contributed by atoms with van der Waals surface area (Å²) in [5, 5.41) is 25.9. The molecule has 4 rings (SSSR count). The van der Waals surface area contributed by atoms with Crippen molar-refractivity contribution in [2.24, 2.45) is 20.4 Å². The van der Waals surface area contributed by atoms with Crippen LogP contribution in [0.15, 0.2) is 55.5 Å². The fraction of sp³-hybridized carbons (Fsp3) is 0.294. The van der Waals surface area contributed by atoms with E-state index in [1.165, 1.54) is 18.3 Å². The Labute approximate surface area is 183 Å². The van der Waals surface area contributed by atoms with Crippen molar-refractivity contribution in [3.05, 3.63) is 36.0 Å². The Morgan fingerprint density at radius 1 is 1.12 bits per heavy atom. The molecule has 15 heteroatoms. The summed E-state index contributed by atoms with van der Waals surface area (Å²) in [5.74, 6) is 0.160. The number of nitrogen functional groups attached to an aromatic ring is 1. The highest BCUT2D eigenvalue weighted by Crippen LogP contribution is 2.35. The first-order valence-corrected chi connectivity index (χ1v) is 12.4. The van der Waals surface area contributed by atoms with Gasteiger partial charge in [0, 0.05) is 24.8 Å². The SMILES string of the molecule is Nc1ccc(-c2ccc(S(=O)(=O)N[C@H]3CNC[C@H]3O)c(S(N)(=O)=O)c2C2=NCN=N2)cn1. The molecular formula is C17H20N8O5S2. The van der Waals surface area contributed by atoms with E-state index in [0.717, 1.165) is 6.07 Å². The Morgan fingerprint density at radius 2 is 1.91 bits per heavy atom. The molecule has 2 atom stereocenters. The summed E-state index contributed by atoms with van der Waals surface area (Å²) in [4.78, 5) is 6.80. The summed E-state index contributed by atoms with van der Waals surface area (Å²) in [5.41, 5.74) is 6.24. The number of amidine groups is 1. The number of sulfonamides is 2. The summed E-state index contributed by atoms with van der Waals surface area (Å²) in [6, 6.07) is 4.79. The van der Waals surface area contributed by atoms with Gasteiger partial charge in [-0.15, -0.1) is 5.11 Å². The van der Waals surface area contributed by atoms with E-state index in [1.807, 2.05) is 0 Å². The van der Waals surface area contributed by atoms with Crippen LogP contribution < -0.4 is 20.9 Å². The van der Waals surface area contributed by atoms with Crippen LogP contribution in [0.3, 0.4) is 0 Å². The number of β-amino-alcohol motifs (C(OH)–C–C–N with tert-alkyl or cyclic N) is 1. The summed E-state index contributed by atoms with van der Waals surface area (Å²) in [7, 11) is -9.02. The highest BCUT2D eigenvalue weighted by Gasteiger charge is 2.36. The van der Waals surface area contributed by atoms with Crippen molar-refractivity contribution in [3.8, 4) is 11.1 Å². The lowest BCUT2D eigenvalue weighted by molar-refractivity contribution is 0.172. The first kappa shape index (κ1) is 22.4. The molecule has 0 bridgehead atoms. The molecule has 2 aliphatic rings. The van der Waals surface area contributed by atoms with Gasteiger partial charge in [-0.2, -0.15) is 5.11 Å². The summed E-state index contributed by atoms with van der Waals surface area (Å²) in [6.07, 6.45) is 0.427. The van der Waals surface area contributed by atoms with Crippen molar-refractivity contribution in [1.29, 1.82) is 0 Å². The molecule has 3 heterocycles. The number of anilines is 1. The molecule has 170 valence electrons. The molecule has 1 aromatic heterocycles. The van der Waals surface area contributed by atoms with Crippen LogP contribution >= 0.6 is 0 Å². The molecule has 0 saturated carbocycles. The van der Waals surface area contributed by atoms with Gasteiger partial charge in [0.2, 0.25) is 20.0 Å². The predicted molar refractivity (Wildman–Crippen MR) is 115 cm³/mol. The number of hydrogen-bond acceptors (Lipinski definition) is 11. The second-order valence-electron chi connectivity index (χ2n) is 7.15. The summed E-state index contributed by atoms with van der Waals surface area (Å²) < 4.78 is 54.0. The van der Waals surface area contributed by atoms with Crippen LogP contribution in [0.2, 0.25) is 0 Å². The van der Waals surface area contributed by atoms with Gasteiger partial charge in [-0.3, -0.25) is 0 Å². The highest BCUT2D eigenvalue weighted by molar-refractivity contribution is 7.92. The van der Waals surface area contributed by atoms with Crippen LogP contribution in [0.1, 0.15) is 5.56 Å². The Hall–Kier alpha value is -2.82. The second-order valence-corrected chi connectivity index (χ2v) is 10.3. The Morgan fingerprint density at radius 3 is 2.47 bits per heavy atom. The molecule has 1 saturated heterocycles. The molecule has 0 unspecified atom stereocenters. The van der Waals surface area contributed by atoms with Gasteiger partial charge < -0.3 is 16.2 Å². The van der Waals surface area contributed by atoms with Crippen molar-refractivity contribution in [2.75, 3.05) is 25.5 Å². The molecule has 1 aromatic carbocycles. The number of nitrogens with one attached hydrogen (secondary N) is 2. The molecule has 0 amide bonds. The van der Waals surface area contributed by atoms with Crippen LogP contribution in [-0.4, -0.2) is 64.7 Å². The van der Waals surface area contributed by atoms with Gasteiger partial charge in [0.1, 0.15) is 15.6 Å². The van der Waals surface area contributed by atoms with Gasteiger partial charge in [0.05, 0.1) is 17.7 Å². The van der Waals surface area contributed by atoms with E-state index >= 15 is 0 Å². The van der Waals surface area contributed by atoms with E-state index in [0.29, 0.717) is 5.56 Å². The van der Waals surface area contributed by atoms with Gasteiger partial charge in [-0.1, -0.05) is 6.07 Å². The van der Waals surface area contributed by atoms with Gasteiger partial charge in [0.15, 0.2) is 12.5 Å². The number of nitrogens with two attached hydrogens (primary N) is 2. The normalized spacial score (nSPS) is 21.1. The minimum absolute atomic E-state index is 0.0476. The maximum atomic E-state index is 13.2. The lowest BCUT2D eigenvalue weighted by Crippen LogP contribution is -2.43. The minimum atomic E-state index is -4.60. The first-order chi connectivity index (χ1) is 15.1. The number of nitrogens with zero attached hydrogens (tertiary/aromatic N) is 4. The number of aromatic nitrogens is 1. The van der Waals surface area contributed by atoms with E-state index in [-0.39, 0.29) is 42.5 Å². The van der Waals surface area contributed by atoms with Gasteiger partial charge >= 0.3 is 0 Å². The third kappa shape index (κ3) is 4.25. The Kier molecular flexibility index (Phi) is 5.78. The average Bonchev–Trinajstić information content (AvgIpc) is 3.39. The van der Waals surface area contributed by atoms with Gasteiger partial charge in [-0.25, -0.2) is 36.7 Å². The standard InChI is InChI=1S/C17H20N8O5S2/c18-14-4-1-9(5-21-14)10-2-3-13(32(29,30)25-11-6-20-7-12(11)26)16(31(19,27)28)15(10)17-22-8-23-24-17/h1-5,11-12,20,25-26H,6-8H2,(H2,18,21)(H2,19,27,28)/t11-,12+/m0/s1. The molecule has 32 heavy (non-hydrogen) atoms. The zero-order valence-electron chi connectivity index (χ0n) is 16.5. The van der Waals surface area contributed by atoms with E-state index in [4.69, 9.17) is 10.9 Å². The van der Waals surface area contributed by atoms with E-state index in [1.54, 1.807) is 6.07 Å². The number of primary sulfonamides is 1. The van der Waals surface area contributed by atoms with Crippen LogP contribution in [0.25, 0.3) is 11.1 Å². The van der Waals surface area contributed by atoms with Crippen molar-refractivity contribution in [1.82, 2.24) is 15.0 Å². The number of aliphatic imine (C=N–C) groups is 1. The largest absolute Gasteiger partial charge is 0.390 e. The second kappa shape index (κ2) is 8.27. The van der Waals surface area contributed by atoms with Crippen LogP contribution in [0.4, 0.5) is 5.82 Å². The number of rotatable bonds is 6. The van der Waals surface area contributed by atoms with Gasteiger partial charge in [0.25, 0.3) is 0 Å². The zero-order valence-corrected chi connectivity index (χ0v) is 18.1. The topological polar surface area (TPSA) is 215 Å². The predicted octanol–water partition coefficient (Wildman–Crippen LogP) is -1.24. The smallest absolute Gasteiger partial charge is 0.242 e. The van der Waals surface area contributed by atoms with E-state index < -0.39 is 42.0 Å². The van der Waals surface area contributed by atoms with Gasteiger partial charge in [-0.05, 0) is 23.8 Å². The van der Waals surface area contributed by atoms with Crippen molar-refractivity contribution < 1.29 is 21.9 Å². The molecule has 1 fully saturated rings.